The van der Waals surface area contributed by atoms with Crippen LogP contribution in [-0.4, -0.2) is 9.97 Å². The first-order chi connectivity index (χ1) is 28.0. The Hall–Kier alpha value is -7.16. The first-order valence-electron chi connectivity index (χ1n) is 19.7. The van der Waals surface area contributed by atoms with Gasteiger partial charge in [0, 0.05) is 22.1 Å². The third-order valence-electron chi connectivity index (χ3n) is 12.1. The van der Waals surface area contributed by atoms with Gasteiger partial charge in [-0.1, -0.05) is 190 Å². The number of nitrogens with zero attached hydrogens (tertiary/aromatic N) is 2. The quantitative estimate of drug-likeness (QED) is 0.176. The minimum atomic E-state index is -0.0761. The third-order valence-corrected chi connectivity index (χ3v) is 12.1. The molecule has 268 valence electrons. The third kappa shape index (κ3) is 5.40. The molecule has 0 unspecified atom stereocenters. The van der Waals surface area contributed by atoms with Gasteiger partial charge in [0.05, 0.1) is 11.4 Å². The topological polar surface area (TPSA) is 25.8 Å². The maximum atomic E-state index is 5.30. The van der Waals surface area contributed by atoms with Crippen molar-refractivity contribution in [3.63, 3.8) is 0 Å². The standard InChI is InChI=1S/C55H38N2/c1-55(2)49-30-27-40(33-48(49)53-43-20-9-8-15-36(43)26-31-50(53)55)42-28-29-47(45-22-12-11-21-44(42)45)52-34-51(56-54(57-52)37-16-4-3-5-17-37)46-23-13-10-19-41(46)39-25-24-35-14-6-7-18-38(35)32-39/h3-34H,1-2H3. The second-order valence-corrected chi connectivity index (χ2v) is 15.7. The fourth-order valence-electron chi connectivity index (χ4n) is 9.22. The minimum Gasteiger partial charge on any atom is -0.228 e. The van der Waals surface area contributed by atoms with Gasteiger partial charge in [-0.05, 0) is 95.0 Å². The summed E-state index contributed by atoms with van der Waals surface area (Å²) < 4.78 is 0. The summed E-state index contributed by atoms with van der Waals surface area (Å²) in [6.45, 7) is 4.71. The van der Waals surface area contributed by atoms with E-state index >= 15 is 0 Å². The van der Waals surface area contributed by atoms with Crippen molar-refractivity contribution in [1.82, 2.24) is 9.97 Å². The minimum absolute atomic E-state index is 0.0761. The van der Waals surface area contributed by atoms with E-state index in [1.165, 1.54) is 60.3 Å². The molecule has 11 rings (SSSR count). The number of fused-ring (bicyclic) bond motifs is 7. The molecule has 1 aliphatic rings. The lowest BCUT2D eigenvalue weighted by Crippen LogP contribution is -2.14. The summed E-state index contributed by atoms with van der Waals surface area (Å²) in [6.07, 6.45) is 0. The summed E-state index contributed by atoms with van der Waals surface area (Å²) in [5, 5.41) is 7.40. The molecule has 10 aromatic rings. The van der Waals surface area contributed by atoms with Crippen LogP contribution in [0.2, 0.25) is 0 Å². The van der Waals surface area contributed by atoms with Gasteiger partial charge in [0.2, 0.25) is 0 Å². The van der Waals surface area contributed by atoms with E-state index in [1.807, 2.05) is 6.07 Å². The van der Waals surface area contributed by atoms with Gasteiger partial charge in [-0.2, -0.15) is 0 Å². The lowest BCUT2D eigenvalue weighted by Gasteiger charge is -2.22. The molecule has 0 fully saturated rings. The van der Waals surface area contributed by atoms with Crippen LogP contribution < -0.4 is 0 Å². The van der Waals surface area contributed by atoms with Crippen molar-refractivity contribution in [2.75, 3.05) is 0 Å². The normalized spacial score (nSPS) is 12.9. The molecule has 0 atom stereocenters. The van der Waals surface area contributed by atoms with Crippen molar-refractivity contribution >= 4 is 32.3 Å². The zero-order chi connectivity index (χ0) is 38.1. The average Bonchev–Trinajstić information content (AvgIpc) is 3.51. The number of rotatable bonds is 5. The summed E-state index contributed by atoms with van der Waals surface area (Å²) in [7, 11) is 0. The molecule has 1 heterocycles. The Morgan fingerprint density at radius 3 is 1.70 bits per heavy atom. The van der Waals surface area contributed by atoms with E-state index in [2.05, 4.69) is 202 Å². The Morgan fingerprint density at radius 1 is 0.333 bits per heavy atom. The largest absolute Gasteiger partial charge is 0.228 e. The molecule has 1 aromatic heterocycles. The monoisotopic (exact) mass is 726 g/mol. The fraction of sp³-hybridized carbons (Fsp3) is 0.0545. The Balaban J connectivity index is 1.09. The second kappa shape index (κ2) is 13.0. The number of hydrogen-bond acceptors (Lipinski definition) is 2. The van der Waals surface area contributed by atoms with E-state index in [9.17, 15) is 0 Å². The van der Waals surface area contributed by atoms with Crippen molar-refractivity contribution in [2.24, 2.45) is 0 Å². The van der Waals surface area contributed by atoms with Gasteiger partial charge in [-0.3, -0.25) is 0 Å². The van der Waals surface area contributed by atoms with Gasteiger partial charge >= 0.3 is 0 Å². The molecule has 1 aliphatic carbocycles. The Bertz CT molecular complexity index is 3210. The highest BCUT2D eigenvalue weighted by Gasteiger charge is 2.36. The highest BCUT2D eigenvalue weighted by molar-refractivity contribution is 6.07. The van der Waals surface area contributed by atoms with Crippen LogP contribution in [0.1, 0.15) is 25.0 Å². The molecule has 0 spiro atoms. The summed E-state index contributed by atoms with van der Waals surface area (Å²) >= 11 is 0. The van der Waals surface area contributed by atoms with Crippen LogP contribution in [0, 0.1) is 0 Å². The lowest BCUT2D eigenvalue weighted by atomic mass is 9.81. The van der Waals surface area contributed by atoms with Crippen molar-refractivity contribution in [3.05, 3.63) is 205 Å². The van der Waals surface area contributed by atoms with Gasteiger partial charge in [0.15, 0.2) is 5.82 Å². The Labute approximate surface area is 332 Å². The van der Waals surface area contributed by atoms with Crippen LogP contribution in [0.4, 0.5) is 0 Å². The van der Waals surface area contributed by atoms with Crippen LogP contribution in [0.5, 0.6) is 0 Å². The first kappa shape index (κ1) is 33.2. The summed E-state index contributed by atoms with van der Waals surface area (Å²) in [6, 6.07) is 70.2. The molecule has 0 radical (unpaired) electrons. The fourth-order valence-corrected chi connectivity index (χ4v) is 9.22. The molecule has 9 aromatic carbocycles. The molecular weight excluding hydrogens is 689 g/mol. The molecule has 0 saturated carbocycles. The zero-order valence-corrected chi connectivity index (χ0v) is 31.9. The van der Waals surface area contributed by atoms with E-state index in [4.69, 9.17) is 9.97 Å². The molecule has 0 saturated heterocycles. The Kier molecular flexibility index (Phi) is 7.55. The molecule has 2 nitrogen and oxygen atoms in total. The summed E-state index contributed by atoms with van der Waals surface area (Å²) in [5.74, 6) is 0.705. The van der Waals surface area contributed by atoms with Crippen LogP contribution in [0.25, 0.3) is 99.6 Å². The van der Waals surface area contributed by atoms with Crippen LogP contribution >= 0.6 is 0 Å². The maximum Gasteiger partial charge on any atom is 0.160 e. The SMILES string of the molecule is CC1(C)c2ccc(-c3ccc(-c4cc(-c5ccccc5-c5ccc6ccccc6c5)nc(-c5ccccc5)n4)c4ccccc34)cc2-c2c1ccc1ccccc21. The van der Waals surface area contributed by atoms with E-state index < -0.39 is 0 Å². The molecule has 0 aliphatic heterocycles. The van der Waals surface area contributed by atoms with E-state index in [1.54, 1.807) is 0 Å². The molecule has 2 heteroatoms. The highest BCUT2D eigenvalue weighted by Crippen LogP contribution is 2.52. The predicted molar refractivity (Wildman–Crippen MR) is 239 cm³/mol. The van der Waals surface area contributed by atoms with Gasteiger partial charge in [-0.25, -0.2) is 9.97 Å². The predicted octanol–water partition coefficient (Wildman–Crippen LogP) is 14.6. The van der Waals surface area contributed by atoms with Gasteiger partial charge in [0.25, 0.3) is 0 Å². The molecule has 0 amide bonds. The van der Waals surface area contributed by atoms with Crippen LogP contribution in [0.3, 0.4) is 0 Å². The van der Waals surface area contributed by atoms with Crippen LogP contribution in [-0.2, 0) is 5.41 Å². The lowest BCUT2D eigenvalue weighted by molar-refractivity contribution is 0.661. The summed E-state index contributed by atoms with van der Waals surface area (Å²) in [5.41, 5.74) is 15.0. The molecule has 0 N–H and O–H groups in total. The van der Waals surface area contributed by atoms with Crippen molar-refractivity contribution in [2.45, 2.75) is 19.3 Å². The molecule has 0 bridgehead atoms. The van der Waals surface area contributed by atoms with E-state index in [0.29, 0.717) is 5.82 Å². The second-order valence-electron chi connectivity index (χ2n) is 15.7. The highest BCUT2D eigenvalue weighted by atomic mass is 14.9. The number of hydrogen-bond donors (Lipinski definition) is 0. The molecule has 57 heavy (non-hydrogen) atoms. The summed E-state index contributed by atoms with van der Waals surface area (Å²) in [4.78, 5) is 10.6. The number of benzene rings is 9. The van der Waals surface area contributed by atoms with E-state index in [-0.39, 0.29) is 5.41 Å². The smallest absolute Gasteiger partial charge is 0.160 e. The van der Waals surface area contributed by atoms with Gasteiger partial charge < -0.3 is 0 Å². The van der Waals surface area contributed by atoms with E-state index in [0.717, 1.165) is 44.6 Å². The van der Waals surface area contributed by atoms with Crippen LogP contribution in [0.15, 0.2) is 194 Å². The number of aromatic nitrogens is 2. The maximum absolute atomic E-state index is 5.30. The van der Waals surface area contributed by atoms with Crippen molar-refractivity contribution < 1.29 is 0 Å². The van der Waals surface area contributed by atoms with Gasteiger partial charge in [0.1, 0.15) is 0 Å². The van der Waals surface area contributed by atoms with Gasteiger partial charge in [-0.15, -0.1) is 0 Å². The average molecular weight is 727 g/mol. The van der Waals surface area contributed by atoms with Crippen molar-refractivity contribution in [1.29, 1.82) is 0 Å². The van der Waals surface area contributed by atoms with Crippen molar-refractivity contribution in [3.8, 4) is 67.3 Å². The Morgan fingerprint density at radius 2 is 0.895 bits per heavy atom. The molecular formula is C55H38N2. The zero-order valence-electron chi connectivity index (χ0n) is 31.9. The first-order valence-corrected chi connectivity index (χ1v) is 19.7.